The first-order chi connectivity index (χ1) is 10.2. The molecule has 4 rings (SSSR count). The summed E-state index contributed by atoms with van der Waals surface area (Å²) in [6, 6.07) is -0.0549. The molecule has 0 radical (unpaired) electrons. The molecule has 9 heteroatoms. The molecule has 0 saturated carbocycles. The molecule has 0 spiro atoms. The van der Waals surface area contributed by atoms with Crippen LogP contribution in [0.4, 0.5) is 0 Å². The maximum atomic E-state index is 5.86. The Balaban J connectivity index is 1.73. The van der Waals surface area contributed by atoms with Crippen molar-refractivity contribution in [1.29, 1.82) is 0 Å². The van der Waals surface area contributed by atoms with Gasteiger partial charge in [-0.2, -0.15) is 9.61 Å². The highest BCUT2D eigenvalue weighted by Crippen LogP contribution is 2.30. The molecule has 110 valence electrons. The normalized spacial score (nSPS) is 20.4. The predicted molar refractivity (Wildman–Crippen MR) is 80.5 cm³/mol. The zero-order valence-corrected chi connectivity index (χ0v) is 13.0. The Labute approximate surface area is 128 Å². The molecule has 3 aromatic rings. The first-order valence-corrected chi connectivity index (χ1v) is 8.43. The van der Waals surface area contributed by atoms with E-state index in [0.717, 1.165) is 39.5 Å². The van der Waals surface area contributed by atoms with Crippen molar-refractivity contribution in [3.05, 3.63) is 16.2 Å². The van der Waals surface area contributed by atoms with Gasteiger partial charge in [0.15, 0.2) is 10.8 Å². The fraction of sp³-hybridized carbons (Fsp3) is 0.500. The van der Waals surface area contributed by atoms with Crippen molar-refractivity contribution in [1.82, 2.24) is 24.8 Å². The van der Waals surface area contributed by atoms with Crippen LogP contribution in [0.5, 0.6) is 0 Å². The average Bonchev–Trinajstić information content (AvgIpc) is 3.21. The lowest BCUT2D eigenvalue weighted by Gasteiger charge is -2.01. The maximum absolute atomic E-state index is 5.86. The lowest BCUT2D eigenvalue weighted by atomic mass is 10.1. The third-order valence-corrected chi connectivity index (χ3v) is 5.41. The largest absolute Gasteiger partial charge is 0.381 e. The topological polar surface area (TPSA) is 91.2 Å². The fourth-order valence-electron chi connectivity index (χ4n) is 2.32. The van der Waals surface area contributed by atoms with Crippen LogP contribution in [0, 0.1) is 0 Å². The van der Waals surface area contributed by atoms with Gasteiger partial charge in [-0.15, -0.1) is 21.5 Å². The van der Waals surface area contributed by atoms with Crippen LogP contribution in [0.15, 0.2) is 5.38 Å². The lowest BCUT2D eigenvalue weighted by Crippen LogP contribution is -2.05. The molecule has 3 aromatic heterocycles. The van der Waals surface area contributed by atoms with Crippen molar-refractivity contribution in [2.75, 3.05) is 13.2 Å². The second-order valence-corrected chi connectivity index (χ2v) is 6.93. The summed E-state index contributed by atoms with van der Waals surface area (Å²) < 4.78 is 7.24. The zero-order chi connectivity index (χ0) is 14.4. The van der Waals surface area contributed by atoms with Gasteiger partial charge in [0.2, 0.25) is 4.96 Å². The summed E-state index contributed by atoms with van der Waals surface area (Å²) in [5.74, 6) is 1.16. The first kappa shape index (κ1) is 13.3. The van der Waals surface area contributed by atoms with Gasteiger partial charge in [-0.05, 0) is 13.3 Å². The summed E-state index contributed by atoms with van der Waals surface area (Å²) in [5.41, 5.74) is 6.71. The Kier molecular flexibility index (Phi) is 3.21. The molecule has 21 heavy (non-hydrogen) atoms. The van der Waals surface area contributed by atoms with Crippen LogP contribution in [-0.2, 0) is 4.74 Å². The van der Waals surface area contributed by atoms with Gasteiger partial charge in [0.05, 0.1) is 12.6 Å². The third-order valence-electron chi connectivity index (χ3n) is 3.44. The smallest absolute Gasteiger partial charge is 0.235 e. The van der Waals surface area contributed by atoms with E-state index in [1.165, 1.54) is 11.3 Å². The van der Waals surface area contributed by atoms with Crippen LogP contribution >= 0.6 is 22.7 Å². The van der Waals surface area contributed by atoms with Crippen molar-refractivity contribution in [3.8, 4) is 10.7 Å². The molecule has 2 N–H and O–H groups in total. The second kappa shape index (κ2) is 5.09. The second-order valence-electron chi connectivity index (χ2n) is 5.08. The molecular weight excluding hydrogens is 308 g/mol. The number of hydrogen-bond acceptors (Lipinski definition) is 8. The molecule has 0 amide bonds. The number of nitrogens with zero attached hydrogens (tertiary/aromatic N) is 5. The standard InChI is InChI=1S/C12H14N6OS2/c1-6(13)10-14-8(5-20-10)11-17-18-9(7-2-3-19-4-7)15-16-12(18)21-11/h5-7H,2-4,13H2,1H3. The fourth-order valence-corrected chi connectivity index (χ4v) is 3.97. The number of fused-ring (bicyclic) bond motifs is 1. The average molecular weight is 322 g/mol. The van der Waals surface area contributed by atoms with Gasteiger partial charge in [0.25, 0.3) is 0 Å². The Morgan fingerprint density at radius 2 is 2.38 bits per heavy atom. The van der Waals surface area contributed by atoms with Gasteiger partial charge >= 0.3 is 0 Å². The maximum Gasteiger partial charge on any atom is 0.235 e. The van der Waals surface area contributed by atoms with E-state index >= 15 is 0 Å². The van der Waals surface area contributed by atoms with Crippen molar-refractivity contribution in [3.63, 3.8) is 0 Å². The Bertz CT molecular complexity index is 770. The monoisotopic (exact) mass is 322 g/mol. The molecule has 0 aliphatic carbocycles. The van der Waals surface area contributed by atoms with E-state index in [2.05, 4.69) is 20.3 Å². The minimum absolute atomic E-state index is 0.0549. The van der Waals surface area contributed by atoms with Gasteiger partial charge in [0.1, 0.15) is 10.7 Å². The van der Waals surface area contributed by atoms with E-state index in [0.29, 0.717) is 6.61 Å². The summed E-state index contributed by atoms with van der Waals surface area (Å²) in [6.45, 7) is 3.40. The zero-order valence-electron chi connectivity index (χ0n) is 11.4. The van der Waals surface area contributed by atoms with E-state index < -0.39 is 0 Å². The van der Waals surface area contributed by atoms with Crippen LogP contribution < -0.4 is 5.73 Å². The number of hydrogen-bond donors (Lipinski definition) is 1. The van der Waals surface area contributed by atoms with Crippen LogP contribution in [-0.4, -0.2) is 38.0 Å². The predicted octanol–water partition coefficient (Wildman–Crippen LogP) is 1.83. The lowest BCUT2D eigenvalue weighted by molar-refractivity contribution is 0.193. The number of aromatic nitrogens is 5. The first-order valence-electron chi connectivity index (χ1n) is 6.73. The van der Waals surface area contributed by atoms with Crippen LogP contribution in [0.1, 0.15) is 36.1 Å². The van der Waals surface area contributed by atoms with E-state index in [9.17, 15) is 0 Å². The summed E-state index contributed by atoms with van der Waals surface area (Å²) in [6.07, 6.45) is 0.971. The minimum Gasteiger partial charge on any atom is -0.381 e. The van der Waals surface area contributed by atoms with Crippen molar-refractivity contribution < 1.29 is 4.74 Å². The van der Waals surface area contributed by atoms with Crippen molar-refractivity contribution >= 4 is 27.6 Å². The molecule has 1 aliphatic rings. The van der Waals surface area contributed by atoms with Crippen molar-refractivity contribution in [2.45, 2.75) is 25.3 Å². The number of ether oxygens (including phenoxy) is 1. The Hall–Kier alpha value is -1.42. The summed E-state index contributed by atoms with van der Waals surface area (Å²) in [7, 11) is 0. The van der Waals surface area contributed by atoms with Crippen LogP contribution in [0.3, 0.4) is 0 Å². The van der Waals surface area contributed by atoms with Gasteiger partial charge in [-0.25, -0.2) is 4.98 Å². The van der Waals surface area contributed by atoms with E-state index in [1.807, 2.05) is 16.8 Å². The quantitative estimate of drug-likeness (QED) is 0.791. The minimum atomic E-state index is -0.0549. The molecule has 2 unspecified atom stereocenters. The Morgan fingerprint density at radius 1 is 1.48 bits per heavy atom. The molecular formula is C12H14N6OS2. The third kappa shape index (κ3) is 2.26. The van der Waals surface area contributed by atoms with Crippen LogP contribution in [0.2, 0.25) is 0 Å². The van der Waals surface area contributed by atoms with Gasteiger partial charge < -0.3 is 10.5 Å². The van der Waals surface area contributed by atoms with Crippen molar-refractivity contribution in [2.24, 2.45) is 5.73 Å². The highest BCUT2D eigenvalue weighted by molar-refractivity contribution is 7.20. The SMILES string of the molecule is CC(N)c1nc(-c2nn3c(C4CCOC4)nnc3s2)cs1. The van der Waals surface area contributed by atoms with Crippen LogP contribution in [0.25, 0.3) is 15.7 Å². The number of nitrogens with two attached hydrogens (primary N) is 1. The van der Waals surface area contributed by atoms with Gasteiger partial charge in [-0.1, -0.05) is 11.3 Å². The van der Waals surface area contributed by atoms with E-state index in [4.69, 9.17) is 10.5 Å². The Morgan fingerprint density at radius 3 is 3.10 bits per heavy atom. The summed E-state index contributed by atoms with van der Waals surface area (Å²) in [4.78, 5) is 5.33. The van der Waals surface area contributed by atoms with E-state index in [1.54, 1.807) is 11.3 Å². The number of thiazole rings is 1. The molecule has 1 fully saturated rings. The highest BCUT2D eigenvalue weighted by atomic mass is 32.1. The van der Waals surface area contributed by atoms with Gasteiger partial charge in [-0.3, -0.25) is 0 Å². The molecule has 1 aliphatic heterocycles. The van der Waals surface area contributed by atoms with Gasteiger partial charge in [0, 0.05) is 17.9 Å². The summed E-state index contributed by atoms with van der Waals surface area (Å²) in [5, 5.41) is 16.8. The molecule has 0 bridgehead atoms. The number of rotatable bonds is 3. The molecule has 4 heterocycles. The molecule has 0 aromatic carbocycles. The molecule has 2 atom stereocenters. The molecule has 1 saturated heterocycles. The summed E-state index contributed by atoms with van der Waals surface area (Å²) >= 11 is 3.06. The van der Waals surface area contributed by atoms with E-state index in [-0.39, 0.29) is 12.0 Å². The molecule has 7 nitrogen and oxygen atoms in total. The highest BCUT2D eigenvalue weighted by Gasteiger charge is 2.25.